The molecule has 0 saturated carbocycles. The van der Waals surface area contributed by atoms with Gasteiger partial charge in [-0.15, -0.1) is 0 Å². The van der Waals surface area contributed by atoms with E-state index in [1.807, 2.05) is 6.92 Å². The maximum Gasteiger partial charge on any atom is 0.339 e. The Morgan fingerprint density at radius 3 is 1.69 bits per heavy atom. The normalized spacial score (nSPS) is 12.6. The Balaban J connectivity index is 3.01. The van der Waals surface area contributed by atoms with Gasteiger partial charge in [-0.3, -0.25) is 0 Å². The van der Waals surface area contributed by atoms with Crippen LogP contribution < -0.4 is 0 Å². The van der Waals surface area contributed by atoms with Gasteiger partial charge in [0.05, 0.1) is 36.5 Å². The van der Waals surface area contributed by atoms with Crippen LogP contribution in [-0.2, 0) is 14.2 Å². The van der Waals surface area contributed by atoms with E-state index in [9.17, 15) is 14.4 Å². The monoisotopic (exact) mass is 490 g/mol. The van der Waals surface area contributed by atoms with Gasteiger partial charge in [-0.1, -0.05) is 79.6 Å². The standard InChI is InChI=1S/C29H46O6/c1-6-11-14-22(9-4)20-34-27(30)24-16-17-25(26(19-24)29(32)33-18-13-8-3)28(31)35-21-23(10-5)15-12-7-2/h16-17,19,22-23H,6-15,18,20-21H2,1-5H3. The Hall–Kier alpha value is -2.37. The molecule has 0 saturated heterocycles. The highest BCUT2D eigenvalue weighted by Crippen LogP contribution is 2.20. The zero-order valence-electron chi connectivity index (χ0n) is 22.5. The Bertz CT molecular complexity index is 772. The van der Waals surface area contributed by atoms with Crippen molar-refractivity contribution in [3.63, 3.8) is 0 Å². The summed E-state index contributed by atoms with van der Waals surface area (Å²) in [7, 11) is 0. The first-order chi connectivity index (χ1) is 16.9. The van der Waals surface area contributed by atoms with Crippen molar-refractivity contribution in [2.24, 2.45) is 11.8 Å². The van der Waals surface area contributed by atoms with Crippen LogP contribution in [0, 0.1) is 11.8 Å². The first-order valence-electron chi connectivity index (χ1n) is 13.6. The third-order valence-corrected chi connectivity index (χ3v) is 6.41. The van der Waals surface area contributed by atoms with Crippen molar-refractivity contribution >= 4 is 17.9 Å². The van der Waals surface area contributed by atoms with Crippen molar-refractivity contribution in [1.82, 2.24) is 0 Å². The molecule has 1 aromatic carbocycles. The SMILES string of the molecule is CCCCOC(=O)c1cc(C(=O)OCC(CC)CCCC)ccc1C(=O)OCC(CC)CCCC. The third-order valence-electron chi connectivity index (χ3n) is 6.41. The number of hydrogen-bond acceptors (Lipinski definition) is 6. The van der Waals surface area contributed by atoms with E-state index in [0.29, 0.717) is 19.1 Å². The van der Waals surface area contributed by atoms with Crippen molar-refractivity contribution in [1.29, 1.82) is 0 Å². The Kier molecular flexibility index (Phi) is 15.7. The largest absolute Gasteiger partial charge is 0.462 e. The summed E-state index contributed by atoms with van der Waals surface area (Å²) < 4.78 is 16.5. The van der Waals surface area contributed by atoms with Gasteiger partial charge in [0.2, 0.25) is 0 Å². The second-order valence-electron chi connectivity index (χ2n) is 9.28. The molecule has 35 heavy (non-hydrogen) atoms. The topological polar surface area (TPSA) is 78.9 Å². The molecule has 0 aromatic heterocycles. The molecular formula is C29H46O6. The van der Waals surface area contributed by atoms with Crippen LogP contribution in [-0.4, -0.2) is 37.7 Å². The molecule has 0 N–H and O–H groups in total. The van der Waals surface area contributed by atoms with Crippen LogP contribution in [0.2, 0.25) is 0 Å². The summed E-state index contributed by atoms with van der Waals surface area (Å²) in [6.07, 6.45) is 9.82. The number of carbonyl (C=O) groups excluding carboxylic acids is 3. The van der Waals surface area contributed by atoms with Gasteiger partial charge < -0.3 is 14.2 Å². The van der Waals surface area contributed by atoms with E-state index < -0.39 is 17.9 Å². The maximum atomic E-state index is 12.9. The van der Waals surface area contributed by atoms with Gasteiger partial charge in [-0.2, -0.15) is 0 Å². The molecule has 0 aliphatic heterocycles. The molecule has 2 atom stereocenters. The quantitative estimate of drug-likeness (QED) is 0.121. The number of hydrogen-bond donors (Lipinski definition) is 0. The van der Waals surface area contributed by atoms with Gasteiger partial charge in [0.1, 0.15) is 0 Å². The van der Waals surface area contributed by atoms with E-state index in [0.717, 1.165) is 64.2 Å². The van der Waals surface area contributed by atoms with Crippen LogP contribution in [0.25, 0.3) is 0 Å². The second kappa shape index (κ2) is 18.0. The molecule has 0 bridgehead atoms. The summed E-state index contributed by atoms with van der Waals surface area (Å²) in [5.74, 6) is -1.12. The minimum atomic E-state index is -0.632. The van der Waals surface area contributed by atoms with Crippen LogP contribution in [0.5, 0.6) is 0 Å². The zero-order valence-corrected chi connectivity index (χ0v) is 22.5. The van der Waals surface area contributed by atoms with Gasteiger partial charge in [0.25, 0.3) is 0 Å². The Morgan fingerprint density at radius 2 is 1.17 bits per heavy atom. The first kappa shape index (κ1) is 30.7. The highest BCUT2D eigenvalue weighted by atomic mass is 16.5. The second-order valence-corrected chi connectivity index (χ2v) is 9.28. The van der Waals surface area contributed by atoms with Crippen molar-refractivity contribution in [3.05, 3.63) is 34.9 Å². The fourth-order valence-electron chi connectivity index (χ4n) is 3.75. The van der Waals surface area contributed by atoms with Gasteiger partial charge in [-0.25, -0.2) is 14.4 Å². The molecule has 2 unspecified atom stereocenters. The van der Waals surface area contributed by atoms with E-state index in [2.05, 4.69) is 27.7 Å². The van der Waals surface area contributed by atoms with Gasteiger partial charge in [0.15, 0.2) is 0 Å². The summed E-state index contributed by atoms with van der Waals surface area (Å²) in [6, 6.07) is 4.38. The van der Waals surface area contributed by atoms with E-state index in [-0.39, 0.29) is 29.2 Å². The molecule has 0 radical (unpaired) electrons. The van der Waals surface area contributed by atoms with E-state index >= 15 is 0 Å². The molecule has 6 heteroatoms. The van der Waals surface area contributed by atoms with Crippen LogP contribution in [0.15, 0.2) is 18.2 Å². The van der Waals surface area contributed by atoms with Gasteiger partial charge >= 0.3 is 17.9 Å². The minimum Gasteiger partial charge on any atom is -0.462 e. The molecule has 0 heterocycles. The highest BCUT2D eigenvalue weighted by Gasteiger charge is 2.23. The molecule has 1 rings (SSSR count). The average molecular weight is 491 g/mol. The molecular weight excluding hydrogens is 444 g/mol. The summed E-state index contributed by atoms with van der Waals surface area (Å²) in [5.41, 5.74) is 0.381. The van der Waals surface area contributed by atoms with E-state index in [1.165, 1.54) is 18.2 Å². The summed E-state index contributed by atoms with van der Waals surface area (Å²) in [5, 5.41) is 0. The van der Waals surface area contributed by atoms with E-state index in [4.69, 9.17) is 14.2 Å². The molecule has 0 fully saturated rings. The predicted molar refractivity (Wildman–Crippen MR) is 139 cm³/mol. The van der Waals surface area contributed by atoms with Crippen molar-refractivity contribution in [3.8, 4) is 0 Å². The number of esters is 3. The average Bonchev–Trinajstić information content (AvgIpc) is 2.88. The lowest BCUT2D eigenvalue weighted by molar-refractivity contribution is 0.0399. The van der Waals surface area contributed by atoms with Crippen molar-refractivity contribution < 1.29 is 28.6 Å². The molecule has 0 aliphatic carbocycles. The first-order valence-corrected chi connectivity index (χ1v) is 13.6. The lowest BCUT2D eigenvalue weighted by atomic mass is 10.00. The molecule has 0 amide bonds. The summed E-state index contributed by atoms with van der Waals surface area (Å²) in [4.78, 5) is 38.4. The third kappa shape index (κ3) is 11.3. The molecule has 0 aliphatic rings. The predicted octanol–water partition coefficient (Wildman–Crippen LogP) is 7.39. The Morgan fingerprint density at radius 1 is 0.657 bits per heavy atom. The summed E-state index contributed by atoms with van der Waals surface area (Å²) in [6.45, 7) is 11.3. The lowest BCUT2D eigenvalue weighted by Gasteiger charge is -2.17. The van der Waals surface area contributed by atoms with Gasteiger partial charge in [-0.05, 0) is 49.3 Å². The fourth-order valence-corrected chi connectivity index (χ4v) is 3.75. The number of ether oxygens (including phenoxy) is 3. The molecule has 6 nitrogen and oxygen atoms in total. The summed E-state index contributed by atoms with van der Waals surface area (Å²) >= 11 is 0. The zero-order chi connectivity index (χ0) is 26.1. The van der Waals surface area contributed by atoms with Crippen LogP contribution in [0.3, 0.4) is 0 Å². The molecule has 0 spiro atoms. The number of rotatable bonds is 18. The number of carbonyl (C=O) groups is 3. The minimum absolute atomic E-state index is 0.0418. The van der Waals surface area contributed by atoms with E-state index in [1.54, 1.807) is 0 Å². The van der Waals surface area contributed by atoms with Crippen molar-refractivity contribution in [2.45, 2.75) is 98.8 Å². The van der Waals surface area contributed by atoms with Crippen LogP contribution >= 0.6 is 0 Å². The molecule has 1 aromatic rings. The lowest BCUT2D eigenvalue weighted by Crippen LogP contribution is -2.19. The van der Waals surface area contributed by atoms with Crippen LogP contribution in [0.4, 0.5) is 0 Å². The fraction of sp³-hybridized carbons (Fsp3) is 0.690. The smallest absolute Gasteiger partial charge is 0.339 e. The number of benzene rings is 1. The Labute approximate surface area is 212 Å². The number of unbranched alkanes of at least 4 members (excludes halogenated alkanes) is 3. The van der Waals surface area contributed by atoms with Crippen molar-refractivity contribution in [2.75, 3.05) is 19.8 Å². The van der Waals surface area contributed by atoms with Crippen LogP contribution in [0.1, 0.15) is 130 Å². The molecule has 198 valence electrons. The van der Waals surface area contributed by atoms with Gasteiger partial charge in [0, 0.05) is 0 Å². The maximum absolute atomic E-state index is 12.9. The highest BCUT2D eigenvalue weighted by molar-refractivity contribution is 6.05.